The zero-order valence-electron chi connectivity index (χ0n) is 14.2. The maximum absolute atomic E-state index is 9.17. The van der Waals surface area contributed by atoms with E-state index in [1.807, 2.05) is 43.3 Å². The molecule has 3 aromatic rings. The lowest BCUT2D eigenvalue weighted by atomic mass is 10.1. The van der Waals surface area contributed by atoms with Crippen molar-refractivity contribution < 1.29 is 9.47 Å². The highest BCUT2D eigenvalue weighted by Crippen LogP contribution is 2.29. The number of aromatic amines is 1. The first kappa shape index (κ1) is 17.2. The molecule has 2 aromatic carbocycles. The van der Waals surface area contributed by atoms with Crippen LogP contribution in [0.1, 0.15) is 23.6 Å². The molecule has 0 aliphatic rings. The lowest BCUT2D eigenvalue weighted by molar-refractivity contribution is 0.269. The number of aromatic nitrogens is 3. The van der Waals surface area contributed by atoms with Crippen LogP contribution in [0, 0.1) is 11.3 Å². The number of benzene rings is 2. The van der Waals surface area contributed by atoms with E-state index < -0.39 is 0 Å². The summed E-state index contributed by atoms with van der Waals surface area (Å²) in [6.45, 7) is 2.70. The molecule has 1 heterocycles. The van der Waals surface area contributed by atoms with E-state index >= 15 is 0 Å². The van der Waals surface area contributed by atoms with Gasteiger partial charge in [0.25, 0.3) is 0 Å². The lowest BCUT2D eigenvalue weighted by Crippen LogP contribution is -2.01. The van der Waals surface area contributed by atoms with Crippen molar-refractivity contribution in [2.45, 2.75) is 13.5 Å². The highest BCUT2D eigenvalue weighted by Gasteiger charge is 2.08. The molecule has 0 atom stereocenters. The molecule has 0 saturated heterocycles. The van der Waals surface area contributed by atoms with Crippen LogP contribution in [0.4, 0.5) is 5.95 Å². The van der Waals surface area contributed by atoms with Crippen LogP contribution < -0.4 is 9.47 Å². The molecule has 0 aliphatic heterocycles. The zero-order chi connectivity index (χ0) is 18.2. The molecule has 7 heteroatoms. The molecule has 7 nitrogen and oxygen atoms in total. The Balaban J connectivity index is 1.77. The predicted octanol–water partition coefficient (Wildman–Crippen LogP) is 3.40. The normalized spacial score (nSPS) is 10.6. The Morgan fingerprint density at radius 1 is 1.19 bits per heavy atom. The van der Waals surface area contributed by atoms with Gasteiger partial charge in [-0.1, -0.05) is 18.2 Å². The number of ether oxygens (including phenoxy) is 2. The Hall–Kier alpha value is -3.66. The van der Waals surface area contributed by atoms with Crippen LogP contribution in [0.15, 0.2) is 53.8 Å². The van der Waals surface area contributed by atoms with Gasteiger partial charge < -0.3 is 9.47 Å². The summed E-state index contributed by atoms with van der Waals surface area (Å²) in [5, 5.41) is 15.6. The van der Waals surface area contributed by atoms with Crippen molar-refractivity contribution in [3.8, 4) is 17.6 Å². The fourth-order valence-electron chi connectivity index (χ4n) is 2.30. The van der Waals surface area contributed by atoms with Crippen LogP contribution in [0.5, 0.6) is 11.5 Å². The van der Waals surface area contributed by atoms with Crippen molar-refractivity contribution in [2.75, 3.05) is 6.61 Å². The summed E-state index contributed by atoms with van der Waals surface area (Å²) in [4.78, 5) is 8.14. The third-order valence-corrected chi connectivity index (χ3v) is 3.53. The topological polar surface area (TPSA) is 96.2 Å². The monoisotopic (exact) mass is 347 g/mol. The fourth-order valence-corrected chi connectivity index (χ4v) is 2.30. The fraction of sp³-hybridized carbons (Fsp3) is 0.158. The minimum atomic E-state index is 0.287. The van der Waals surface area contributed by atoms with Crippen LogP contribution in [-0.4, -0.2) is 28.0 Å². The van der Waals surface area contributed by atoms with Gasteiger partial charge in [0, 0.05) is 11.8 Å². The maximum atomic E-state index is 9.17. The molecule has 26 heavy (non-hydrogen) atoms. The summed E-state index contributed by atoms with van der Waals surface area (Å²) in [6, 6.07) is 15.1. The second kappa shape index (κ2) is 8.44. The molecule has 1 aromatic heterocycles. The highest BCUT2D eigenvalue weighted by molar-refractivity contribution is 5.82. The molecule has 0 saturated carbocycles. The van der Waals surface area contributed by atoms with Crippen molar-refractivity contribution in [1.82, 2.24) is 15.2 Å². The van der Waals surface area contributed by atoms with E-state index in [2.05, 4.69) is 26.2 Å². The number of hydrogen-bond acceptors (Lipinski definition) is 6. The van der Waals surface area contributed by atoms with Gasteiger partial charge in [-0.05, 0) is 36.8 Å². The molecular weight excluding hydrogens is 330 g/mol. The SMILES string of the molecule is CCOc1cc(/C=N/c2ncn[nH]2)ccc1OCc1ccccc1C#N. The summed E-state index contributed by atoms with van der Waals surface area (Å²) in [7, 11) is 0. The average molecular weight is 347 g/mol. The molecule has 3 rings (SSSR count). The standard InChI is InChI=1S/C19H17N5O2/c1-2-25-18-9-14(11-21-19-22-13-23-24-19)7-8-17(18)26-12-16-6-4-3-5-15(16)10-20/h3-9,11,13H,2,12H2,1H3,(H,22,23,24)/b21-11+. The van der Waals surface area contributed by atoms with Gasteiger partial charge in [0.2, 0.25) is 5.95 Å². The number of H-pyrrole nitrogens is 1. The van der Waals surface area contributed by atoms with Gasteiger partial charge in [-0.2, -0.15) is 15.3 Å². The van der Waals surface area contributed by atoms with Gasteiger partial charge in [0.05, 0.1) is 18.2 Å². The molecule has 0 bridgehead atoms. The smallest absolute Gasteiger partial charge is 0.245 e. The van der Waals surface area contributed by atoms with E-state index in [1.165, 1.54) is 6.33 Å². The van der Waals surface area contributed by atoms with Crippen molar-refractivity contribution in [3.05, 3.63) is 65.5 Å². The third-order valence-electron chi connectivity index (χ3n) is 3.53. The van der Waals surface area contributed by atoms with Gasteiger partial charge in [-0.3, -0.25) is 0 Å². The molecule has 0 radical (unpaired) electrons. The Morgan fingerprint density at radius 3 is 2.85 bits per heavy atom. The summed E-state index contributed by atoms with van der Waals surface area (Å²) in [6.07, 6.45) is 3.06. The van der Waals surface area contributed by atoms with Crippen LogP contribution >= 0.6 is 0 Å². The third kappa shape index (κ3) is 4.24. The Kier molecular flexibility index (Phi) is 5.58. The summed E-state index contributed by atoms with van der Waals surface area (Å²) < 4.78 is 11.5. The highest BCUT2D eigenvalue weighted by atomic mass is 16.5. The number of nitrogens with zero attached hydrogens (tertiary/aromatic N) is 4. The quantitative estimate of drug-likeness (QED) is 0.661. The molecule has 0 spiro atoms. The van der Waals surface area contributed by atoms with Gasteiger partial charge >= 0.3 is 0 Å². The van der Waals surface area contributed by atoms with Gasteiger partial charge in [0.15, 0.2) is 11.5 Å². The van der Waals surface area contributed by atoms with Crippen LogP contribution in [0.2, 0.25) is 0 Å². The zero-order valence-corrected chi connectivity index (χ0v) is 14.2. The predicted molar refractivity (Wildman–Crippen MR) is 96.7 cm³/mol. The van der Waals surface area contributed by atoms with Crippen molar-refractivity contribution in [2.24, 2.45) is 4.99 Å². The van der Waals surface area contributed by atoms with E-state index in [-0.39, 0.29) is 6.61 Å². The molecule has 0 amide bonds. The van der Waals surface area contributed by atoms with Crippen molar-refractivity contribution >= 4 is 12.2 Å². The molecule has 0 unspecified atom stereocenters. The average Bonchev–Trinajstić information content (AvgIpc) is 3.20. The Morgan fingerprint density at radius 2 is 2.08 bits per heavy atom. The number of nitriles is 1. The van der Waals surface area contributed by atoms with E-state index in [4.69, 9.17) is 9.47 Å². The van der Waals surface area contributed by atoms with Gasteiger partial charge in [0.1, 0.15) is 12.9 Å². The van der Waals surface area contributed by atoms with E-state index in [0.29, 0.717) is 29.6 Å². The number of rotatable bonds is 7. The second-order valence-corrected chi connectivity index (χ2v) is 5.26. The largest absolute Gasteiger partial charge is 0.490 e. The number of hydrogen-bond donors (Lipinski definition) is 1. The lowest BCUT2D eigenvalue weighted by Gasteiger charge is -2.13. The molecule has 1 N–H and O–H groups in total. The maximum Gasteiger partial charge on any atom is 0.245 e. The second-order valence-electron chi connectivity index (χ2n) is 5.26. The minimum absolute atomic E-state index is 0.287. The molecule has 0 fully saturated rings. The van der Waals surface area contributed by atoms with Crippen LogP contribution in [-0.2, 0) is 6.61 Å². The molecule has 130 valence electrons. The summed E-state index contributed by atoms with van der Waals surface area (Å²) >= 11 is 0. The first-order valence-corrected chi connectivity index (χ1v) is 8.07. The van der Waals surface area contributed by atoms with Crippen LogP contribution in [0.3, 0.4) is 0 Å². The van der Waals surface area contributed by atoms with E-state index in [1.54, 1.807) is 12.3 Å². The van der Waals surface area contributed by atoms with Crippen molar-refractivity contribution in [1.29, 1.82) is 5.26 Å². The molecule has 0 aliphatic carbocycles. The van der Waals surface area contributed by atoms with E-state index in [0.717, 1.165) is 11.1 Å². The van der Waals surface area contributed by atoms with E-state index in [9.17, 15) is 5.26 Å². The first-order valence-electron chi connectivity index (χ1n) is 8.07. The minimum Gasteiger partial charge on any atom is -0.490 e. The first-order chi connectivity index (χ1) is 12.8. The van der Waals surface area contributed by atoms with Gasteiger partial charge in [-0.25, -0.2) is 10.1 Å². The number of nitrogens with one attached hydrogen (secondary N) is 1. The summed E-state index contributed by atoms with van der Waals surface area (Å²) in [5.41, 5.74) is 2.27. The number of aliphatic imine (C=N–C) groups is 1. The van der Waals surface area contributed by atoms with Crippen molar-refractivity contribution in [3.63, 3.8) is 0 Å². The Bertz CT molecular complexity index is 929. The van der Waals surface area contributed by atoms with Crippen LogP contribution in [0.25, 0.3) is 0 Å². The molecular formula is C19H17N5O2. The van der Waals surface area contributed by atoms with Gasteiger partial charge in [-0.15, -0.1) is 0 Å². The Labute approximate surface area is 151 Å². The summed E-state index contributed by atoms with van der Waals surface area (Å²) in [5.74, 6) is 1.65.